The van der Waals surface area contributed by atoms with Gasteiger partial charge in [0.25, 0.3) is 5.91 Å². The maximum absolute atomic E-state index is 12.5. The third kappa shape index (κ3) is 7.22. The van der Waals surface area contributed by atoms with Crippen molar-refractivity contribution in [2.45, 2.75) is 6.42 Å². The Balaban J connectivity index is 1.97. The van der Waals surface area contributed by atoms with Crippen LogP contribution < -0.4 is 14.4 Å². The molecule has 0 fully saturated rings. The van der Waals surface area contributed by atoms with Crippen LogP contribution in [0, 0.1) is 22.7 Å². The summed E-state index contributed by atoms with van der Waals surface area (Å²) < 4.78 is 15.5. The Morgan fingerprint density at radius 3 is 2.52 bits per heavy atom. The highest BCUT2D eigenvalue weighted by molar-refractivity contribution is 5.96. The number of para-hydroxylation sites is 1. The van der Waals surface area contributed by atoms with Gasteiger partial charge in [-0.05, 0) is 35.9 Å². The first kappa shape index (κ1) is 23.0. The van der Waals surface area contributed by atoms with Crippen molar-refractivity contribution in [3.8, 4) is 23.6 Å². The minimum Gasteiger partial charge on any atom is -0.493 e. The van der Waals surface area contributed by atoms with E-state index in [9.17, 15) is 9.59 Å². The molecule has 0 bridgehead atoms. The number of anilines is 1. The predicted octanol–water partition coefficient (Wildman–Crippen LogP) is 3.10. The van der Waals surface area contributed by atoms with Crippen molar-refractivity contribution in [2.24, 2.45) is 0 Å². The van der Waals surface area contributed by atoms with Crippen molar-refractivity contribution in [2.75, 3.05) is 31.8 Å². The molecule has 0 unspecified atom stereocenters. The third-order valence-electron chi connectivity index (χ3n) is 4.05. The molecule has 2 rings (SSSR count). The third-order valence-corrected chi connectivity index (χ3v) is 4.05. The molecule has 158 valence electrons. The Bertz CT molecular complexity index is 1010. The predicted molar refractivity (Wildman–Crippen MR) is 113 cm³/mol. The van der Waals surface area contributed by atoms with Crippen molar-refractivity contribution >= 4 is 23.6 Å². The number of ether oxygens (including phenoxy) is 3. The molecule has 2 aromatic carbocycles. The lowest BCUT2D eigenvalue weighted by atomic mass is 10.2. The molecule has 31 heavy (non-hydrogen) atoms. The van der Waals surface area contributed by atoms with Crippen molar-refractivity contribution in [3.63, 3.8) is 0 Å². The number of nitrogens with zero attached hydrogens (tertiary/aromatic N) is 3. The Labute approximate surface area is 180 Å². The van der Waals surface area contributed by atoms with Crippen molar-refractivity contribution in [1.29, 1.82) is 10.5 Å². The van der Waals surface area contributed by atoms with Crippen LogP contribution in [0.5, 0.6) is 11.5 Å². The summed E-state index contributed by atoms with van der Waals surface area (Å²) in [6.45, 7) is -0.360. The fraction of sp³-hybridized carbons (Fsp3) is 0.217. The second kappa shape index (κ2) is 12.3. The summed E-state index contributed by atoms with van der Waals surface area (Å²) in [5.74, 6) is -0.293. The molecule has 0 heterocycles. The van der Waals surface area contributed by atoms with E-state index in [1.165, 1.54) is 24.2 Å². The maximum atomic E-state index is 12.5. The molecular weight excluding hydrogens is 398 g/mol. The number of rotatable bonds is 10. The smallest absolute Gasteiger partial charge is 0.331 e. The lowest BCUT2D eigenvalue weighted by Crippen LogP contribution is -2.35. The Morgan fingerprint density at radius 1 is 1.06 bits per heavy atom. The van der Waals surface area contributed by atoms with Crippen LogP contribution in [-0.4, -0.2) is 38.7 Å². The van der Waals surface area contributed by atoms with Crippen LogP contribution in [0.25, 0.3) is 6.08 Å². The molecule has 0 atom stereocenters. The van der Waals surface area contributed by atoms with Crippen molar-refractivity contribution < 1.29 is 23.8 Å². The Hall–Kier alpha value is -4.30. The van der Waals surface area contributed by atoms with Crippen LogP contribution in [-0.2, 0) is 14.3 Å². The topological polar surface area (TPSA) is 113 Å². The standard InChI is InChI=1S/C23H21N3O5/c1-29-21-16-18(8-10-20(21)30-15-13-25)9-11-23(28)31-17-22(27)26(14-5-12-24)19-6-3-2-4-7-19/h2-4,6-11,16H,5,14-15,17H2,1H3/b11-9+. The summed E-state index contributed by atoms with van der Waals surface area (Å²) in [5, 5.41) is 17.4. The van der Waals surface area contributed by atoms with Gasteiger partial charge < -0.3 is 19.1 Å². The lowest BCUT2D eigenvalue weighted by Gasteiger charge is -2.21. The summed E-state index contributed by atoms with van der Waals surface area (Å²) in [7, 11) is 1.47. The van der Waals surface area contributed by atoms with Crippen LogP contribution >= 0.6 is 0 Å². The van der Waals surface area contributed by atoms with Crippen LogP contribution in [0.15, 0.2) is 54.6 Å². The molecule has 0 saturated heterocycles. The van der Waals surface area contributed by atoms with E-state index in [1.807, 2.05) is 18.2 Å². The van der Waals surface area contributed by atoms with Gasteiger partial charge in [-0.25, -0.2) is 4.79 Å². The Morgan fingerprint density at radius 2 is 1.84 bits per heavy atom. The summed E-state index contributed by atoms with van der Waals surface area (Å²) in [4.78, 5) is 25.9. The second-order valence-corrected chi connectivity index (χ2v) is 6.09. The zero-order valence-electron chi connectivity index (χ0n) is 17.0. The van der Waals surface area contributed by atoms with E-state index in [-0.39, 0.29) is 19.6 Å². The van der Waals surface area contributed by atoms with Crippen LogP contribution in [0.4, 0.5) is 5.69 Å². The molecule has 0 radical (unpaired) electrons. The zero-order chi connectivity index (χ0) is 22.5. The zero-order valence-corrected chi connectivity index (χ0v) is 17.0. The minimum atomic E-state index is -0.689. The monoisotopic (exact) mass is 419 g/mol. The van der Waals surface area contributed by atoms with Gasteiger partial charge in [0.1, 0.15) is 6.07 Å². The van der Waals surface area contributed by atoms with Gasteiger partial charge in [-0.15, -0.1) is 0 Å². The number of hydrogen-bond acceptors (Lipinski definition) is 7. The molecule has 0 aliphatic rings. The van der Waals surface area contributed by atoms with E-state index >= 15 is 0 Å². The van der Waals surface area contributed by atoms with Gasteiger partial charge in [0.2, 0.25) is 0 Å². The number of methoxy groups -OCH3 is 1. The van der Waals surface area contributed by atoms with E-state index in [4.69, 9.17) is 24.7 Å². The van der Waals surface area contributed by atoms with Crippen LogP contribution in [0.3, 0.4) is 0 Å². The average Bonchev–Trinajstić information content (AvgIpc) is 2.81. The van der Waals surface area contributed by atoms with E-state index in [1.54, 1.807) is 42.5 Å². The molecule has 0 spiro atoms. The number of nitriles is 2. The quantitative estimate of drug-likeness (QED) is 0.429. The first-order chi connectivity index (χ1) is 15.1. The molecule has 1 amide bonds. The van der Waals surface area contributed by atoms with E-state index in [0.29, 0.717) is 22.7 Å². The fourth-order valence-electron chi connectivity index (χ4n) is 2.61. The number of carbonyl (C=O) groups is 2. The van der Waals surface area contributed by atoms with Crippen molar-refractivity contribution in [1.82, 2.24) is 0 Å². The average molecular weight is 419 g/mol. The minimum absolute atomic E-state index is 0.111. The van der Waals surface area contributed by atoms with E-state index in [2.05, 4.69) is 0 Å². The highest BCUT2D eigenvalue weighted by atomic mass is 16.5. The molecule has 0 aliphatic heterocycles. The molecule has 8 heteroatoms. The van der Waals surface area contributed by atoms with Gasteiger partial charge in [0.15, 0.2) is 24.7 Å². The normalized spacial score (nSPS) is 10.0. The molecule has 0 aliphatic carbocycles. The van der Waals surface area contributed by atoms with Crippen LogP contribution in [0.1, 0.15) is 12.0 Å². The highest BCUT2D eigenvalue weighted by Gasteiger charge is 2.16. The molecule has 0 N–H and O–H groups in total. The summed E-state index contributed by atoms with van der Waals surface area (Å²) >= 11 is 0. The number of benzene rings is 2. The summed E-state index contributed by atoms with van der Waals surface area (Å²) in [6.07, 6.45) is 2.86. The maximum Gasteiger partial charge on any atom is 0.331 e. The van der Waals surface area contributed by atoms with E-state index < -0.39 is 18.5 Å². The van der Waals surface area contributed by atoms with Crippen molar-refractivity contribution in [3.05, 3.63) is 60.2 Å². The highest BCUT2D eigenvalue weighted by Crippen LogP contribution is 2.28. The van der Waals surface area contributed by atoms with Gasteiger partial charge in [0, 0.05) is 18.3 Å². The molecule has 0 aromatic heterocycles. The number of esters is 1. The SMILES string of the molecule is COc1cc(/C=C/C(=O)OCC(=O)N(CCC#N)c2ccccc2)ccc1OCC#N. The number of carbonyl (C=O) groups excluding carboxylic acids is 2. The number of hydrogen-bond donors (Lipinski definition) is 0. The molecule has 8 nitrogen and oxygen atoms in total. The van der Waals surface area contributed by atoms with Gasteiger partial charge >= 0.3 is 5.97 Å². The van der Waals surface area contributed by atoms with Gasteiger partial charge in [-0.2, -0.15) is 10.5 Å². The summed E-state index contributed by atoms with van der Waals surface area (Å²) in [6, 6.07) is 17.7. The Kier molecular flexibility index (Phi) is 9.12. The molecule has 2 aromatic rings. The fourth-order valence-corrected chi connectivity index (χ4v) is 2.61. The van der Waals surface area contributed by atoms with Gasteiger partial charge in [0.05, 0.1) is 19.6 Å². The molecular formula is C23H21N3O5. The first-order valence-electron chi connectivity index (χ1n) is 9.34. The summed E-state index contributed by atoms with van der Waals surface area (Å²) in [5.41, 5.74) is 1.27. The number of amides is 1. The van der Waals surface area contributed by atoms with Gasteiger partial charge in [-0.1, -0.05) is 24.3 Å². The first-order valence-corrected chi connectivity index (χ1v) is 9.34. The lowest BCUT2D eigenvalue weighted by molar-refractivity contribution is -0.142. The van der Waals surface area contributed by atoms with Gasteiger partial charge in [-0.3, -0.25) is 4.79 Å². The molecule has 0 saturated carbocycles. The largest absolute Gasteiger partial charge is 0.493 e. The van der Waals surface area contributed by atoms with Crippen LogP contribution in [0.2, 0.25) is 0 Å². The second-order valence-electron chi connectivity index (χ2n) is 6.09. The van der Waals surface area contributed by atoms with E-state index in [0.717, 1.165) is 0 Å².